The van der Waals surface area contributed by atoms with Crippen LogP contribution < -0.4 is 14.8 Å². The highest BCUT2D eigenvalue weighted by atomic mass is 32.2. The number of anilines is 1. The Hall–Kier alpha value is -4.37. The van der Waals surface area contributed by atoms with Crippen LogP contribution in [0.1, 0.15) is 15.9 Å². The largest absolute Gasteiger partial charge is 0.497 e. The molecule has 36 heavy (non-hydrogen) atoms. The third-order valence-electron chi connectivity index (χ3n) is 5.07. The van der Waals surface area contributed by atoms with Crippen LogP contribution in [-0.4, -0.2) is 41.9 Å². The van der Waals surface area contributed by atoms with Gasteiger partial charge in [-0.2, -0.15) is 0 Å². The lowest BCUT2D eigenvalue weighted by atomic mass is 10.1. The lowest BCUT2D eigenvalue weighted by Crippen LogP contribution is -2.14. The SMILES string of the molecule is COc1ccc(/C=C/C(=O)c2ccc(NC(=O)CSc3nnc(-c4ccc(OC)cc4)o3)cc2)cc1. The molecule has 0 unspecified atom stereocenters. The summed E-state index contributed by atoms with van der Waals surface area (Å²) in [7, 11) is 3.20. The Balaban J connectivity index is 1.27. The van der Waals surface area contributed by atoms with Crippen LogP contribution in [0.4, 0.5) is 5.69 Å². The molecule has 0 fully saturated rings. The molecule has 0 aliphatic heterocycles. The third-order valence-corrected chi connectivity index (χ3v) is 5.88. The zero-order valence-electron chi connectivity index (χ0n) is 19.6. The van der Waals surface area contributed by atoms with E-state index in [4.69, 9.17) is 13.9 Å². The second-order valence-electron chi connectivity index (χ2n) is 7.49. The van der Waals surface area contributed by atoms with Gasteiger partial charge in [0.1, 0.15) is 11.5 Å². The lowest BCUT2D eigenvalue weighted by molar-refractivity contribution is -0.113. The molecule has 1 aromatic heterocycles. The second kappa shape index (κ2) is 11.9. The van der Waals surface area contributed by atoms with Crippen molar-refractivity contribution in [2.45, 2.75) is 5.22 Å². The minimum atomic E-state index is -0.234. The lowest BCUT2D eigenvalue weighted by Gasteiger charge is -2.05. The van der Waals surface area contributed by atoms with Gasteiger partial charge >= 0.3 is 0 Å². The molecule has 0 bridgehead atoms. The Morgan fingerprint density at radius 3 is 2.17 bits per heavy atom. The summed E-state index contributed by atoms with van der Waals surface area (Å²) in [6.45, 7) is 0. The number of thioether (sulfide) groups is 1. The number of hydrogen-bond acceptors (Lipinski definition) is 8. The number of nitrogens with one attached hydrogen (secondary N) is 1. The average Bonchev–Trinajstić information content (AvgIpc) is 3.40. The number of aromatic nitrogens is 2. The summed E-state index contributed by atoms with van der Waals surface area (Å²) in [5.74, 6) is 1.57. The average molecular weight is 502 g/mol. The Labute approximate surface area is 212 Å². The van der Waals surface area contributed by atoms with E-state index in [9.17, 15) is 9.59 Å². The number of hydrogen-bond donors (Lipinski definition) is 1. The molecular formula is C27H23N3O5S. The smallest absolute Gasteiger partial charge is 0.277 e. The quantitative estimate of drug-likeness (QED) is 0.175. The topological polar surface area (TPSA) is 104 Å². The minimum Gasteiger partial charge on any atom is -0.497 e. The number of carbonyl (C=O) groups excluding carboxylic acids is 2. The minimum absolute atomic E-state index is 0.0928. The predicted octanol–water partition coefficient (Wildman–Crippen LogP) is 5.38. The third kappa shape index (κ3) is 6.61. The highest BCUT2D eigenvalue weighted by Gasteiger charge is 2.12. The summed E-state index contributed by atoms with van der Waals surface area (Å²) in [4.78, 5) is 24.8. The van der Waals surface area contributed by atoms with Crippen molar-refractivity contribution >= 4 is 35.2 Å². The molecule has 0 aliphatic carbocycles. The van der Waals surface area contributed by atoms with Crippen LogP contribution >= 0.6 is 11.8 Å². The number of methoxy groups -OCH3 is 2. The molecule has 4 aromatic rings. The van der Waals surface area contributed by atoms with Crippen LogP contribution in [0.2, 0.25) is 0 Å². The first-order valence-electron chi connectivity index (χ1n) is 10.9. The summed E-state index contributed by atoms with van der Waals surface area (Å²) in [5.41, 5.74) is 2.75. The number of allylic oxidation sites excluding steroid dienone is 1. The monoisotopic (exact) mass is 501 g/mol. The summed E-state index contributed by atoms with van der Waals surface area (Å²) in [5, 5.41) is 11.1. The van der Waals surface area contributed by atoms with Gasteiger partial charge in [-0.25, -0.2) is 0 Å². The Morgan fingerprint density at radius 1 is 0.889 bits per heavy atom. The molecule has 9 heteroatoms. The van der Waals surface area contributed by atoms with E-state index in [0.29, 0.717) is 22.4 Å². The number of ketones is 1. The maximum atomic E-state index is 12.4. The molecule has 1 N–H and O–H groups in total. The second-order valence-corrected chi connectivity index (χ2v) is 8.41. The van der Waals surface area contributed by atoms with E-state index in [2.05, 4.69) is 15.5 Å². The van der Waals surface area contributed by atoms with Crippen LogP contribution in [-0.2, 0) is 4.79 Å². The fourth-order valence-electron chi connectivity index (χ4n) is 3.14. The molecule has 1 amide bonds. The summed E-state index contributed by atoms with van der Waals surface area (Å²) in [6, 6.07) is 21.3. The van der Waals surface area contributed by atoms with Crippen LogP contribution in [0.5, 0.6) is 11.5 Å². The van der Waals surface area contributed by atoms with E-state index >= 15 is 0 Å². The van der Waals surface area contributed by atoms with E-state index < -0.39 is 0 Å². The fraction of sp³-hybridized carbons (Fsp3) is 0.111. The summed E-state index contributed by atoms with van der Waals surface area (Å²) < 4.78 is 15.9. The number of carbonyl (C=O) groups is 2. The van der Waals surface area contributed by atoms with Crippen LogP contribution in [0.15, 0.2) is 88.5 Å². The maximum absolute atomic E-state index is 12.4. The number of ether oxygens (including phenoxy) is 2. The van der Waals surface area contributed by atoms with Crippen molar-refractivity contribution in [1.29, 1.82) is 0 Å². The Kier molecular flexibility index (Phi) is 8.15. The van der Waals surface area contributed by atoms with Gasteiger partial charge in [0.15, 0.2) is 5.78 Å². The molecule has 1 heterocycles. The van der Waals surface area contributed by atoms with Crippen molar-refractivity contribution in [1.82, 2.24) is 10.2 Å². The van der Waals surface area contributed by atoms with Gasteiger partial charge in [-0.05, 0) is 72.3 Å². The van der Waals surface area contributed by atoms with Gasteiger partial charge in [-0.3, -0.25) is 9.59 Å². The molecule has 0 atom stereocenters. The molecule has 4 rings (SSSR count). The van der Waals surface area contributed by atoms with Gasteiger partial charge in [0.25, 0.3) is 5.22 Å². The molecule has 182 valence electrons. The van der Waals surface area contributed by atoms with E-state index in [-0.39, 0.29) is 17.4 Å². The van der Waals surface area contributed by atoms with Gasteiger partial charge in [0, 0.05) is 16.8 Å². The Morgan fingerprint density at radius 2 is 1.53 bits per heavy atom. The molecule has 0 aliphatic rings. The van der Waals surface area contributed by atoms with Crippen molar-refractivity contribution in [3.63, 3.8) is 0 Å². The van der Waals surface area contributed by atoms with Gasteiger partial charge in [-0.1, -0.05) is 30.0 Å². The van der Waals surface area contributed by atoms with Crippen LogP contribution in [0.3, 0.4) is 0 Å². The van der Waals surface area contributed by atoms with Gasteiger partial charge in [-0.15, -0.1) is 10.2 Å². The highest BCUT2D eigenvalue weighted by molar-refractivity contribution is 7.99. The maximum Gasteiger partial charge on any atom is 0.277 e. The predicted molar refractivity (Wildman–Crippen MR) is 138 cm³/mol. The van der Waals surface area contributed by atoms with Crippen molar-refractivity contribution < 1.29 is 23.5 Å². The number of benzene rings is 3. The Bertz CT molecular complexity index is 1350. The van der Waals surface area contributed by atoms with Crippen molar-refractivity contribution in [3.05, 3.63) is 90.0 Å². The first-order chi connectivity index (χ1) is 17.5. The first-order valence-corrected chi connectivity index (χ1v) is 11.9. The number of amides is 1. The number of nitrogens with zero attached hydrogens (tertiary/aromatic N) is 2. The number of rotatable bonds is 10. The van der Waals surface area contributed by atoms with Gasteiger partial charge < -0.3 is 19.2 Å². The first kappa shape index (κ1) is 24.7. The summed E-state index contributed by atoms with van der Waals surface area (Å²) in [6.07, 6.45) is 3.25. The highest BCUT2D eigenvalue weighted by Crippen LogP contribution is 2.25. The molecule has 3 aromatic carbocycles. The standard InChI is InChI=1S/C27H23N3O5S/c1-33-22-12-3-18(4-13-22)5-16-24(31)19-6-10-21(11-7-19)28-25(32)17-36-27-30-29-26(35-27)20-8-14-23(34-2)15-9-20/h3-16H,17H2,1-2H3,(H,28,32)/b16-5+. The molecule has 0 spiro atoms. The molecular weight excluding hydrogens is 478 g/mol. The van der Waals surface area contributed by atoms with Gasteiger partial charge in [0.05, 0.1) is 20.0 Å². The molecule has 0 saturated heterocycles. The molecule has 8 nitrogen and oxygen atoms in total. The zero-order valence-corrected chi connectivity index (χ0v) is 20.5. The van der Waals surface area contributed by atoms with Crippen molar-refractivity contribution in [2.75, 3.05) is 25.3 Å². The summed E-state index contributed by atoms with van der Waals surface area (Å²) >= 11 is 1.14. The normalized spacial score (nSPS) is 10.8. The van der Waals surface area contributed by atoms with Crippen molar-refractivity contribution in [2.24, 2.45) is 0 Å². The molecule has 0 radical (unpaired) electrons. The van der Waals surface area contributed by atoms with E-state index in [1.807, 2.05) is 36.4 Å². The molecule has 0 saturated carbocycles. The van der Waals surface area contributed by atoms with E-state index in [1.54, 1.807) is 56.7 Å². The fourth-order valence-corrected chi connectivity index (χ4v) is 3.71. The van der Waals surface area contributed by atoms with E-state index in [1.165, 1.54) is 6.08 Å². The van der Waals surface area contributed by atoms with Gasteiger partial charge in [0.2, 0.25) is 11.8 Å². The zero-order chi connectivity index (χ0) is 25.3. The van der Waals surface area contributed by atoms with Crippen LogP contribution in [0, 0.1) is 0 Å². The van der Waals surface area contributed by atoms with Crippen LogP contribution in [0.25, 0.3) is 17.5 Å². The van der Waals surface area contributed by atoms with E-state index in [0.717, 1.165) is 34.4 Å². The van der Waals surface area contributed by atoms with Crippen molar-refractivity contribution in [3.8, 4) is 23.0 Å².